The van der Waals surface area contributed by atoms with Crippen molar-refractivity contribution in [3.05, 3.63) is 77.0 Å². The van der Waals surface area contributed by atoms with Crippen LogP contribution in [0.1, 0.15) is 11.1 Å². The molecule has 1 N–H and O–H groups in total. The number of nitrogens with zero attached hydrogens (tertiary/aromatic N) is 1. The van der Waals surface area contributed by atoms with Gasteiger partial charge in [-0.2, -0.15) is 0 Å². The number of hydrogen-bond donors (Lipinski definition) is 1. The van der Waals surface area contributed by atoms with E-state index >= 15 is 0 Å². The van der Waals surface area contributed by atoms with Crippen molar-refractivity contribution in [3.8, 4) is 5.75 Å². The number of halogens is 1. The molecule has 9 heteroatoms. The van der Waals surface area contributed by atoms with Gasteiger partial charge in [0.15, 0.2) is 0 Å². The van der Waals surface area contributed by atoms with E-state index in [0.29, 0.717) is 17.9 Å². The van der Waals surface area contributed by atoms with Crippen LogP contribution in [0.5, 0.6) is 5.75 Å². The van der Waals surface area contributed by atoms with Crippen molar-refractivity contribution in [2.75, 3.05) is 25.5 Å². The van der Waals surface area contributed by atoms with E-state index in [1.807, 2.05) is 42.5 Å². The van der Waals surface area contributed by atoms with Gasteiger partial charge in [-0.15, -0.1) is 23.4 Å². The maximum absolute atomic E-state index is 12.9. The number of thioether (sulfide) groups is 1. The molecule has 2 aliphatic rings. The number of nitrogens with one attached hydrogen (secondary N) is 1. The molecule has 2 aliphatic heterocycles. The quantitative estimate of drug-likeness (QED) is 0.181. The summed E-state index contributed by atoms with van der Waals surface area (Å²) in [6, 6.07) is 16.6. The summed E-state index contributed by atoms with van der Waals surface area (Å²) in [5.74, 6) is 0.721. The van der Waals surface area contributed by atoms with Gasteiger partial charge in [-0.1, -0.05) is 42.5 Å². The van der Waals surface area contributed by atoms with Gasteiger partial charge in [-0.25, -0.2) is 4.79 Å². The second-order valence-corrected chi connectivity index (χ2v) is 8.95. The molecule has 2 aromatic rings. The molecule has 2 heterocycles. The Hall–Kier alpha value is -2.52. The molecule has 1 saturated heterocycles. The summed E-state index contributed by atoms with van der Waals surface area (Å²) >= 11 is 7.66. The van der Waals surface area contributed by atoms with E-state index in [2.05, 4.69) is 5.32 Å². The molecule has 0 aliphatic carbocycles. The molecule has 2 unspecified atom stereocenters. The summed E-state index contributed by atoms with van der Waals surface area (Å²) in [6.07, 6.45) is 0. The Kier molecular flexibility index (Phi) is 7.93. The standard InChI is InChI=1S/C24H25ClN2O5S/c1-30-19-9-7-17(8-10-19)13-32-24(29)21-18(11-25)14-33-23-20(22(28)27(21)23)26-15-31-12-16-5-3-2-4-6-16/h2-10,20,23,26H,11-15H2,1H3. The SMILES string of the molecule is COc1ccc(COC(=O)C2=C(CCl)CSC3C(NCOCc4ccccc4)C(=O)N23)cc1. The van der Waals surface area contributed by atoms with Crippen molar-refractivity contribution in [2.45, 2.75) is 24.6 Å². The van der Waals surface area contributed by atoms with Crippen LogP contribution in [0.25, 0.3) is 0 Å². The average molecular weight is 489 g/mol. The van der Waals surface area contributed by atoms with Crippen molar-refractivity contribution in [1.29, 1.82) is 0 Å². The van der Waals surface area contributed by atoms with Gasteiger partial charge in [0.25, 0.3) is 0 Å². The summed E-state index contributed by atoms with van der Waals surface area (Å²) in [5.41, 5.74) is 2.84. The minimum atomic E-state index is -0.543. The van der Waals surface area contributed by atoms with Crippen molar-refractivity contribution in [3.63, 3.8) is 0 Å². The van der Waals surface area contributed by atoms with Crippen molar-refractivity contribution in [1.82, 2.24) is 10.2 Å². The van der Waals surface area contributed by atoms with Crippen LogP contribution in [-0.2, 0) is 32.3 Å². The number of alkyl halides is 1. The number of benzene rings is 2. The van der Waals surface area contributed by atoms with Crippen LogP contribution in [0, 0.1) is 0 Å². The molecule has 33 heavy (non-hydrogen) atoms. The Morgan fingerprint density at radius 2 is 1.85 bits per heavy atom. The fourth-order valence-corrected chi connectivity index (χ4v) is 5.37. The highest BCUT2D eigenvalue weighted by Gasteiger charge is 2.53. The first-order valence-electron chi connectivity index (χ1n) is 10.5. The van der Waals surface area contributed by atoms with Gasteiger partial charge in [-0.05, 0) is 28.8 Å². The monoisotopic (exact) mass is 488 g/mol. The van der Waals surface area contributed by atoms with Crippen molar-refractivity contribution in [2.24, 2.45) is 0 Å². The first-order chi connectivity index (χ1) is 16.1. The number of esters is 1. The van der Waals surface area contributed by atoms with Crippen LogP contribution in [0.3, 0.4) is 0 Å². The number of methoxy groups -OCH3 is 1. The predicted molar refractivity (Wildman–Crippen MR) is 127 cm³/mol. The Morgan fingerprint density at radius 1 is 1.12 bits per heavy atom. The molecule has 1 amide bonds. The average Bonchev–Trinajstić information content (AvgIpc) is 2.87. The van der Waals surface area contributed by atoms with E-state index in [-0.39, 0.29) is 36.2 Å². The second-order valence-electron chi connectivity index (χ2n) is 7.58. The number of ether oxygens (including phenoxy) is 3. The van der Waals surface area contributed by atoms with Crippen LogP contribution in [0.15, 0.2) is 65.9 Å². The number of carbonyl (C=O) groups excluding carboxylic acids is 2. The van der Waals surface area contributed by atoms with Gasteiger partial charge in [0.2, 0.25) is 5.91 Å². The highest BCUT2D eigenvalue weighted by atomic mass is 35.5. The largest absolute Gasteiger partial charge is 0.497 e. The third kappa shape index (κ3) is 5.35. The third-order valence-corrected chi connectivity index (χ3v) is 7.11. The van der Waals surface area contributed by atoms with E-state index in [1.165, 1.54) is 4.90 Å². The molecule has 0 radical (unpaired) electrons. The van der Waals surface area contributed by atoms with Crippen molar-refractivity contribution < 1.29 is 23.8 Å². The Labute approximate surface area is 202 Å². The Bertz CT molecular complexity index is 1020. The fourth-order valence-electron chi connectivity index (χ4n) is 3.66. The smallest absolute Gasteiger partial charge is 0.355 e. The van der Waals surface area contributed by atoms with E-state index in [9.17, 15) is 9.59 Å². The molecule has 1 fully saturated rings. The zero-order valence-corrected chi connectivity index (χ0v) is 19.7. The number of amides is 1. The molecule has 4 rings (SSSR count). The van der Waals surface area contributed by atoms with Gasteiger partial charge in [-0.3, -0.25) is 15.0 Å². The minimum absolute atomic E-state index is 0.0940. The normalized spacial score (nSPS) is 19.7. The molecule has 2 aromatic carbocycles. The third-order valence-electron chi connectivity index (χ3n) is 5.45. The van der Waals surface area contributed by atoms with E-state index in [4.69, 9.17) is 25.8 Å². The van der Waals surface area contributed by atoms with Crippen LogP contribution in [-0.4, -0.2) is 53.7 Å². The maximum atomic E-state index is 12.9. The first-order valence-corrected chi connectivity index (χ1v) is 12.1. The molecule has 2 atom stereocenters. The molecule has 7 nitrogen and oxygen atoms in total. The molecule has 0 aromatic heterocycles. The lowest BCUT2D eigenvalue weighted by atomic mass is 10.0. The number of β-lactam (4-membered cyclic amide) rings is 1. The zero-order chi connectivity index (χ0) is 23.2. The van der Waals surface area contributed by atoms with E-state index < -0.39 is 12.0 Å². The summed E-state index contributed by atoms with van der Waals surface area (Å²) in [4.78, 5) is 27.3. The van der Waals surface area contributed by atoms with Gasteiger partial charge in [0, 0.05) is 11.6 Å². The predicted octanol–water partition coefficient (Wildman–Crippen LogP) is 3.28. The fraction of sp³-hybridized carbons (Fsp3) is 0.333. The van der Waals surface area contributed by atoms with Gasteiger partial charge < -0.3 is 14.2 Å². The lowest BCUT2D eigenvalue weighted by Crippen LogP contribution is -2.70. The van der Waals surface area contributed by atoms with Crippen LogP contribution >= 0.6 is 23.4 Å². The molecule has 0 spiro atoms. The molecular weight excluding hydrogens is 464 g/mol. The lowest BCUT2D eigenvalue weighted by molar-refractivity contribution is -0.153. The minimum Gasteiger partial charge on any atom is -0.497 e. The molecular formula is C24H25ClN2O5S. The number of hydrogen-bond acceptors (Lipinski definition) is 7. The van der Waals surface area contributed by atoms with E-state index in [1.54, 1.807) is 31.0 Å². The summed E-state index contributed by atoms with van der Waals surface area (Å²) in [6.45, 7) is 0.784. The number of fused-ring (bicyclic) bond motifs is 1. The highest BCUT2D eigenvalue weighted by molar-refractivity contribution is 8.00. The van der Waals surface area contributed by atoms with Crippen LogP contribution in [0.2, 0.25) is 0 Å². The summed E-state index contributed by atoms with van der Waals surface area (Å²) in [7, 11) is 1.59. The summed E-state index contributed by atoms with van der Waals surface area (Å²) in [5, 5.41) is 2.94. The highest BCUT2D eigenvalue weighted by Crippen LogP contribution is 2.41. The number of rotatable bonds is 10. The Morgan fingerprint density at radius 3 is 2.55 bits per heavy atom. The topological polar surface area (TPSA) is 77.1 Å². The zero-order valence-electron chi connectivity index (χ0n) is 18.2. The lowest BCUT2D eigenvalue weighted by Gasteiger charge is -2.49. The van der Waals surface area contributed by atoms with Crippen LogP contribution < -0.4 is 10.1 Å². The number of carbonyl (C=O) groups is 2. The second kappa shape index (κ2) is 11.1. The molecule has 0 saturated carbocycles. The first kappa shape index (κ1) is 23.6. The van der Waals surface area contributed by atoms with Gasteiger partial charge in [0.1, 0.15) is 29.5 Å². The molecule has 174 valence electrons. The van der Waals surface area contributed by atoms with Crippen LogP contribution in [0.4, 0.5) is 0 Å². The van der Waals surface area contributed by atoms with Crippen molar-refractivity contribution >= 4 is 35.2 Å². The van der Waals surface area contributed by atoms with Gasteiger partial charge in [0.05, 0.1) is 20.4 Å². The summed E-state index contributed by atoms with van der Waals surface area (Å²) < 4.78 is 16.3. The van der Waals surface area contributed by atoms with E-state index in [0.717, 1.165) is 16.9 Å². The maximum Gasteiger partial charge on any atom is 0.355 e. The Balaban J connectivity index is 1.33. The molecule has 0 bridgehead atoms. The van der Waals surface area contributed by atoms with Gasteiger partial charge >= 0.3 is 5.97 Å².